The monoisotopic (exact) mass is 426 g/mol. The molecule has 3 rings (SSSR count). The zero-order valence-corrected chi connectivity index (χ0v) is 16.3. The lowest BCUT2D eigenvalue weighted by Crippen LogP contribution is -2.50. The van der Waals surface area contributed by atoms with Crippen molar-refractivity contribution in [2.75, 3.05) is 26.2 Å². The molecule has 1 fully saturated rings. The number of amides is 1. The van der Waals surface area contributed by atoms with Crippen molar-refractivity contribution < 1.29 is 22.0 Å². The van der Waals surface area contributed by atoms with Gasteiger partial charge in [-0.1, -0.05) is 23.7 Å². The first-order chi connectivity index (χ1) is 13.3. The maximum absolute atomic E-state index is 13.3. The Kier molecular flexibility index (Phi) is 6.12. The molecule has 2 aromatic carbocycles. The Morgan fingerprint density at radius 3 is 2.39 bits per heavy atom. The highest BCUT2D eigenvalue weighted by Gasteiger charge is 2.30. The summed E-state index contributed by atoms with van der Waals surface area (Å²) in [4.78, 5) is 13.7. The van der Waals surface area contributed by atoms with E-state index < -0.39 is 21.7 Å². The van der Waals surface area contributed by atoms with Crippen molar-refractivity contribution in [2.45, 2.75) is 4.90 Å². The third-order valence-corrected chi connectivity index (χ3v) is 6.53. The molecule has 0 N–H and O–H groups in total. The van der Waals surface area contributed by atoms with Gasteiger partial charge in [-0.25, -0.2) is 17.2 Å². The van der Waals surface area contributed by atoms with Crippen LogP contribution in [0.5, 0.6) is 0 Å². The lowest BCUT2D eigenvalue weighted by Gasteiger charge is -2.33. The van der Waals surface area contributed by atoms with Gasteiger partial charge in [0.1, 0.15) is 11.6 Å². The van der Waals surface area contributed by atoms with Crippen molar-refractivity contribution in [1.82, 2.24) is 9.21 Å². The minimum absolute atomic E-state index is 0.0929. The Bertz CT molecular complexity index is 1020. The maximum atomic E-state index is 13.3. The minimum atomic E-state index is -3.83. The summed E-state index contributed by atoms with van der Waals surface area (Å²) in [5.41, 5.74) is 0.558. The molecule has 9 heteroatoms. The summed E-state index contributed by atoms with van der Waals surface area (Å²) in [5.74, 6) is -1.37. The predicted molar refractivity (Wildman–Crippen MR) is 102 cm³/mol. The van der Waals surface area contributed by atoms with Gasteiger partial charge < -0.3 is 4.90 Å². The largest absolute Gasteiger partial charge is 0.337 e. The van der Waals surface area contributed by atoms with Gasteiger partial charge in [-0.3, -0.25) is 4.79 Å². The quantitative estimate of drug-likeness (QED) is 0.706. The number of piperazine rings is 1. The van der Waals surface area contributed by atoms with Gasteiger partial charge in [0.2, 0.25) is 15.9 Å². The van der Waals surface area contributed by atoms with Gasteiger partial charge in [-0.2, -0.15) is 4.31 Å². The van der Waals surface area contributed by atoms with Crippen molar-refractivity contribution in [3.05, 3.63) is 70.8 Å². The van der Waals surface area contributed by atoms with Crippen LogP contribution in [-0.4, -0.2) is 49.7 Å². The fraction of sp³-hybridized carbons (Fsp3) is 0.211. The average Bonchev–Trinajstić information content (AvgIpc) is 2.68. The topological polar surface area (TPSA) is 57.7 Å². The zero-order valence-electron chi connectivity index (χ0n) is 14.7. The number of nitrogens with zero attached hydrogens (tertiary/aromatic N) is 2. The van der Waals surface area contributed by atoms with Gasteiger partial charge in [0.15, 0.2) is 0 Å². The second kappa shape index (κ2) is 8.38. The molecule has 0 radical (unpaired) electrons. The number of benzene rings is 2. The van der Waals surface area contributed by atoms with Crippen LogP contribution in [0.4, 0.5) is 8.78 Å². The Morgan fingerprint density at radius 1 is 1.04 bits per heavy atom. The van der Waals surface area contributed by atoms with Crippen LogP contribution >= 0.6 is 11.6 Å². The van der Waals surface area contributed by atoms with Crippen LogP contribution < -0.4 is 0 Å². The second-order valence-corrected chi connectivity index (χ2v) is 8.54. The number of hydrogen-bond donors (Lipinski definition) is 0. The van der Waals surface area contributed by atoms with Crippen LogP contribution in [0.1, 0.15) is 5.56 Å². The lowest BCUT2D eigenvalue weighted by atomic mass is 10.2. The van der Waals surface area contributed by atoms with Crippen molar-refractivity contribution in [1.29, 1.82) is 0 Å². The lowest BCUT2D eigenvalue weighted by molar-refractivity contribution is -0.127. The summed E-state index contributed by atoms with van der Waals surface area (Å²) in [7, 11) is -3.83. The Balaban J connectivity index is 1.63. The molecule has 0 unspecified atom stereocenters. The number of carbonyl (C=O) groups excluding carboxylic acids is 1. The average molecular weight is 427 g/mol. The fourth-order valence-electron chi connectivity index (χ4n) is 2.82. The summed E-state index contributed by atoms with van der Waals surface area (Å²) in [5, 5.41) is -0.266. The zero-order chi connectivity index (χ0) is 20.3. The standard InChI is InChI=1S/C19H17ClF2N2O3S/c20-17-13-16(5-6-18(17)22)28(26,27)24-10-8-23(9-11-24)19(25)7-4-14-2-1-3-15(21)12-14/h1-7,12-13H,8-11H2/b7-4+. The molecule has 1 saturated heterocycles. The van der Waals surface area contributed by atoms with Gasteiger partial charge in [0.05, 0.1) is 9.92 Å². The van der Waals surface area contributed by atoms with E-state index in [-0.39, 0.29) is 42.0 Å². The number of carbonyl (C=O) groups is 1. The van der Waals surface area contributed by atoms with Crippen LogP contribution in [0, 0.1) is 11.6 Å². The molecule has 28 heavy (non-hydrogen) atoms. The summed E-state index contributed by atoms with van der Waals surface area (Å²) < 4.78 is 53.0. The van der Waals surface area contributed by atoms with E-state index in [1.165, 1.54) is 33.5 Å². The van der Waals surface area contributed by atoms with E-state index in [4.69, 9.17) is 11.6 Å². The molecule has 5 nitrogen and oxygen atoms in total. The van der Waals surface area contributed by atoms with Crippen molar-refractivity contribution in [3.8, 4) is 0 Å². The molecule has 0 aliphatic carbocycles. The fourth-order valence-corrected chi connectivity index (χ4v) is 4.51. The normalized spacial score (nSPS) is 15.9. The number of sulfonamides is 1. The molecule has 0 aromatic heterocycles. The highest BCUT2D eigenvalue weighted by molar-refractivity contribution is 7.89. The van der Waals surface area contributed by atoms with Crippen molar-refractivity contribution in [3.63, 3.8) is 0 Å². The summed E-state index contributed by atoms with van der Waals surface area (Å²) >= 11 is 5.68. The highest BCUT2D eigenvalue weighted by atomic mass is 35.5. The van der Waals surface area contributed by atoms with Gasteiger partial charge in [-0.05, 0) is 42.0 Å². The molecule has 1 amide bonds. The maximum Gasteiger partial charge on any atom is 0.246 e. The van der Waals surface area contributed by atoms with Crippen molar-refractivity contribution >= 4 is 33.6 Å². The Hall–Kier alpha value is -2.29. The smallest absolute Gasteiger partial charge is 0.246 e. The molecule has 0 atom stereocenters. The van der Waals surface area contributed by atoms with E-state index in [0.29, 0.717) is 5.56 Å². The Morgan fingerprint density at radius 2 is 1.75 bits per heavy atom. The van der Waals surface area contributed by atoms with E-state index in [0.717, 1.165) is 18.2 Å². The first-order valence-corrected chi connectivity index (χ1v) is 10.3. The summed E-state index contributed by atoms with van der Waals surface area (Å²) in [6, 6.07) is 9.08. The third kappa shape index (κ3) is 4.57. The predicted octanol–water partition coefficient (Wildman–Crippen LogP) is 3.16. The van der Waals surface area contributed by atoms with Gasteiger partial charge in [0.25, 0.3) is 0 Å². The van der Waals surface area contributed by atoms with E-state index in [2.05, 4.69) is 0 Å². The SMILES string of the molecule is O=C(/C=C/c1cccc(F)c1)N1CCN(S(=O)(=O)c2ccc(F)c(Cl)c2)CC1. The molecular formula is C19H17ClF2N2O3S. The van der Waals surface area contributed by atoms with E-state index in [1.807, 2.05) is 0 Å². The highest BCUT2D eigenvalue weighted by Crippen LogP contribution is 2.23. The second-order valence-electron chi connectivity index (χ2n) is 6.19. The molecule has 1 aliphatic heterocycles. The van der Waals surface area contributed by atoms with Gasteiger partial charge >= 0.3 is 0 Å². The van der Waals surface area contributed by atoms with E-state index >= 15 is 0 Å². The van der Waals surface area contributed by atoms with Crippen LogP contribution in [0.3, 0.4) is 0 Å². The van der Waals surface area contributed by atoms with Crippen molar-refractivity contribution in [2.24, 2.45) is 0 Å². The molecule has 0 saturated carbocycles. The molecular weight excluding hydrogens is 410 g/mol. The molecule has 1 aliphatic rings. The van der Waals surface area contributed by atoms with E-state index in [9.17, 15) is 22.0 Å². The number of hydrogen-bond acceptors (Lipinski definition) is 3. The van der Waals surface area contributed by atoms with Crippen LogP contribution in [-0.2, 0) is 14.8 Å². The van der Waals surface area contributed by atoms with Gasteiger partial charge in [-0.15, -0.1) is 0 Å². The first kappa shape index (κ1) is 20.4. The molecule has 0 bridgehead atoms. The molecule has 0 spiro atoms. The molecule has 1 heterocycles. The van der Waals surface area contributed by atoms with E-state index in [1.54, 1.807) is 12.1 Å². The number of halogens is 3. The third-order valence-electron chi connectivity index (χ3n) is 4.35. The van der Waals surface area contributed by atoms with Gasteiger partial charge in [0, 0.05) is 32.3 Å². The first-order valence-electron chi connectivity index (χ1n) is 8.45. The summed E-state index contributed by atoms with van der Waals surface area (Å²) in [6.07, 6.45) is 2.84. The van der Waals surface area contributed by atoms with Crippen LogP contribution in [0.2, 0.25) is 5.02 Å². The Labute approximate surface area is 166 Å². The molecule has 148 valence electrons. The van der Waals surface area contributed by atoms with Crippen LogP contribution in [0.25, 0.3) is 6.08 Å². The van der Waals surface area contributed by atoms with Crippen LogP contribution in [0.15, 0.2) is 53.4 Å². The number of rotatable bonds is 4. The molecule has 2 aromatic rings. The summed E-state index contributed by atoms with van der Waals surface area (Å²) in [6.45, 7) is 0.634. The minimum Gasteiger partial charge on any atom is -0.337 e.